The molecule has 0 aliphatic carbocycles. The molecule has 2 aromatic heterocycles. The molecule has 0 fully saturated rings. The highest BCUT2D eigenvalue weighted by Crippen LogP contribution is 2.34. The lowest BCUT2D eigenvalue weighted by Crippen LogP contribution is -2.18. The van der Waals surface area contributed by atoms with Gasteiger partial charge in [-0.15, -0.1) is 0 Å². The number of nitrogens with zero attached hydrogens (tertiary/aromatic N) is 2. The molecule has 2 heterocycles. The molecule has 0 bridgehead atoms. The van der Waals surface area contributed by atoms with Crippen molar-refractivity contribution in [2.45, 2.75) is 43.7 Å². The van der Waals surface area contributed by atoms with Crippen LogP contribution in [0.2, 0.25) is 0 Å². The maximum absolute atomic E-state index is 13.8. The van der Waals surface area contributed by atoms with Gasteiger partial charge in [-0.25, -0.2) is 22.2 Å². The summed E-state index contributed by atoms with van der Waals surface area (Å²) in [6, 6.07) is 14.5. The summed E-state index contributed by atoms with van der Waals surface area (Å²) in [7, 11) is -4.25. The highest BCUT2D eigenvalue weighted by molar-refractivity contribution is 7.90. The molecule has 0 radical (unpaired) electrons. The van der Waals surface area contributed by atoms with E-state index in [1.165, 1.54) is 36.4 Å². The molecular formula is C26H23F3N2O4S. The maximum atomic E-state index is 13.8. The van der Waals surface area contributed by atoms with Crippen LogP contribution in [0.4, 0.5) is 13.2 Å². The molecule has 6 nitrogen and oxygen atoms in total. The van der Waals surface area contributed by atoms with E-state index in [0.29, 0.717) is 11.8 Å². The van der Waals surface area contributed by atoms with E-state index in [-0.39, 0.29) is 39.0 Å². The molecule has 10 heteroatoms. The van der Waals surface area contributed by atoms with Crippen molar-refractivity contribution in [1.29, 1.82) is 0 Å². The largest absolute Gasteiger partial charge is 0.478 e. The van der Waals surface area contributed by atoms with E-state index in [2.05, 4.69) is 4.98 Å². The molecule has 0 amide bonds. The highest BCUT2D eigenvalue weighted by atomic mass is 32.2. The first-order valence-electron chi connectivity index (χ1n) is 10.9. The average Bonchev–Trinajstić information content (AvgIpc) is 3.16. The first-order chi connectivity index (χ1) is 16.7. The summed E-state index contributed by atoms with van der Waals surface area (Å²) in [4.78, 5) is 15.0. The lowest BCUT2D eigenvalue weighted by atomic mass is 9.87. The van der Waals surface area contributed by atoms with Gasteiger partial charge in [0.15, 0.2) is 5.65 Å². The minimum absolute atomic E-state index is 0.0170. The zero-order valence-corrected chi connectivity index (χ0v) is 20.5. The van der Waals surface area contributed by atoms with Gasteiger partial charge in [0.05, 0.1) is 16.0 Å². The van der Waals surface area contributed by atoms with Crippen LogP contribution in [0.5, 0.6) is 0 Å². The molecule has 4 rings (SSSR count). The minimum atomic E-state index is -4.64. The topological polar surface area (TPSA) is 89.3 Å². The predicted octanol–water partition coefficient (Wildman–Crippen LogP) is 5.88. The Kier molecular flexibility index (Phi) is 6.20. The van der Waals surface area contributed by atoms with Gasteiger partial charge in [-0.3, -0.25) is 0 Å². The second kappa shape index (κ2) is 8.77. The number of rotatable bonds is 5. The Morgan fingerprint density at radius 3 is 2.22 bits per heavy atom. The van der Waals surface area contributed by atoms with Crippen LogP contribution < -0.4 is 0 Å². The number of alkyl halides is 3. The van der Waals surface area contributed by atoms with E-state index in [0.717, 1.165) is 15.6 Å². The second-order valence-electron chi connectivity index (χ2n) is 9.50. The molecule has 0 aliphatic rings. The second-order valence-corrected chi connectivity index (χ2v) is 11.3. The summed E-state index contributed by atoms with van der Waals surface area (Å²) >= 11 is 0. The molecule has 0 saturated heterocycles. The van der Waals surface area contributed by atoms with Crippen LogP contribution in [0.15, 0.2) is 71.8 Å². The third kappa shape index (κ3) is 4.86. The molecule has 0 aliphatic heterocycles. The lowest BCUT2D eigenvalue weighted by molar-refractivity contribution is -0.137. The number of aromatic carboxylic acids is 1. The molecule has 4 aromatic rings. The van der Waals surface area contributed by atoms with Crippen molar-refractivity contribution in [2.24, 2.45) is 0 Å². The molecule has 0 saturated carbocycles. The summed E-state index contributed by atoms with van der Waals surface area (Å²) in [5.41, 5.74) is 0.164. The Hall–Kier alpha value is -3.66. The summed E-state index contributed by atoms with van der Waals surface area (Å²) in [6.07, 6.45) is -4.00. The maximum Gasteiger partial charge on any atom is 0.417 e. The standard InChI is InChI=1S/C26H23F3N2O4S/c1-25(2,3)19-5-4-6-22(14-19)36(34,35)31-21(11-16-7-9-17(10-8-16)24(32)33)13-18-12-20(26(27,28)29)15-30-23(18)31/h4-10,12-15H,11H2,1-3H3,(H,32,33). The van der Waals surface area contributed by atoms with Gasteiger partial charge in [0, 0.05) is 23.7 Å². The van der Waals surface area contributed by atoms with Gasteiger partial charge in [0.1, 0.15) is 0 Å². The van der Waals surface area contributed by atoms with Crippen molar-refractivity contribution in [3.8, 4) is 0 Å². The Morgan fingerprint density at radius 1 is 0.972 bits per heavy atom. The fourth-order valence-electron chi connectivity index (χ4n) is 3.87. The van der Waals surface area contributed by atoms with Gasteiger partial charge in [-0.2, -0.15) is 13.2 Å². The molecule has 0 spiro atoms. The van der Waals surface area contributed by atoms with Crippen LogP contribution in [-0.4, -0.2) is 28.5 Å². The third-order valence-electron chi connectivity index (χ3n) is 5.82. The van der Waals surface area contributed by atoms with Crippen LogP contribution >= 0.6 is 0 Å². The van der Waals surface area contributed by atoms with Crippen molar-refractivity contribution in [3.63, 3.8) is 0 Å². The minimum Gasteiger partial charge on any atom is -0.478 e. The molecule has 36 heavy (non-hydrogen) atoms. The fourth-order valence-corrected chi connectivity index (χ4v) is 5.42. The SMILES string of the molecule is CC(C)(C)c1cccc(S(=O)(=O)n2c(Cc3ccc(C(=O)O)cc3)cc3cc(C(F)(F)F)cnc32)c1. The number of carbonyl (C=O) groups is 1. The number of hydrogen-bond donors (Lipinski definition) is 1. The van der Waals surface area contributed by atoms with E-state index in [1.807, 2.05) is 26.8 Å². The van der Waals surface area contributed by atoms with Gasteiger partial charge < -0.3 is 5.11 Å². The van der Waals surface area contributed by atoms with Crippen molar-refractivity contribution in [3.05, 3.63) is 94.8 Å². The van der Waals surface area contributed by atoms with E-state index in [9.17, 15) is 26.4 Å². The summed E-state index contributed by atoms with van der Waals surface area (Å²) < 4.78 is 68.6. The van der Waals surface area contributed by atoms with Crippen molar-refractivity contribution >= 4 is 27.0 Å². The zero-order valence-electron chi connectivity index (χ0n) is 19.7. The number of carboxylic acids is 1. The fraction of sp³-hybridized carbons (Fsp3) is 0.231. The Balaban J connectivity index is 1.92. The lowest BCUT2D eigenvalue weighted by Gasteiger charge is -2.20. The zero-order chi connectivity index (χ0) is 26.5. The summed E-state index contributed by atoms with van der Waals surface area (Å²) in [5.74, 6) is -1.11. The number of aromatic nitrogens is 2. The van der Waals surface area contributed by atoms with Crippen LogP contribution in [0.25, 0.3) is 11.0 Å². The Morgan fingerprint density at radius 2 is 1.64 bits per heavy atom. The van der Waals surface area contributed by atoms with Crippen LogP contribution in [0.3, 0.4) is 0 Å². The smallest absolute Gasteiger partial charge is 0.417 e. The van der Waals surface area contributed by atoms with E-state index in [4.69, 9.17) is 5.11 Å². The first kappa shape index (κ1) is 25.4. The van der Waals surface area contributed by atoms with E-state index >= 15 is 0 Å². The monoisotopic (exact) mass is 516 g/mol. The van der Waals surface area contributed by atoms with Crippen LogP contribution in [0.1, 0.15) is 53.5 Å². The van der Waals surface area contributed by atoms with Gasteiger partial charge in [0.25, 0.3) is 10.0 Å². The number of benzene rings is 2. The first-order valence-corrected chi connectivity index (χ1v) is 12.4. The number of hydrogen-bond acceptors (Lipinski definition) is 4. The number of halogens is 3. The molecule has 1 N–H and O–H groups in total. The quantitative estimate of drug-likeness (QED) is 0.358. The number of pyridine rings is 1. The van der Waals surface area contributed by atoms with Gasteiger partial charge in [-0.1, -0.05) is 45.0 Å². The summed E-state index contributed by atoms with van der Waals surface area (Å²) in [6.45, 7) is 5.82. The summed E-state index contributed by atoms with van der Waals surface area (Å²) in [5, 5.41) is 9.15. The molecule has 188 valence electrons. The van der Waals surface area contributed by atoms with Gasteiger partial charge in [-0.05, 0) is 52.9 Å². The van der Waals surface area contributed by atoms with Crippen molar-refractivity contribution < 1.29 is 31.5 Å². The van der Waals surface area contributed by atoms with E-state index in [1.54, 1.807) is 12.1 Å². The molecule has 0 atom stereocenters. The third-order valence-corrected chi connectivity index (χ3v) is 7.56. The number of carboxylic acid groups (broad SMARTS) is 1. The Bertz CT molecular complexity index is 1570. The normalized spacial score (nSPS) is 12.7. The predicted molar refractivity (Wildman–Crippen MR) is 129 cm³/mol. The molecular weight excluding hydrogens is 493 g/mol. The Labute approximate surface area is 206 Å². The van der Waals surface area contributed by atoms with Crippen LogP contribution in [-0.2, 0) is 28.0 Å². The molecule has 2 aromatic carbocycles. The van der Waals surface area contributed by atoms with Crippen molar-refractivity contribution in [2.75, 3.05) is 0 Å². The van der Waals surface area contributed by atoms with E-state index < -0.39 is 27.7 Å². The molecule has 0 unspecified atom stereocenters. The van der Waals surface area contributed by atoms with Gasteiger partial charge >= 0.3 is 12.1 Å². The average molecular weight is 517 g/mol. The number of fused-ring (bicyclic) bond motifs is 1. The highest BCUT2D eigenvalue weighted by Gasteiger charge is 2.33. The van der Waals surface area contributed by atoms with Crippen LogP contribution in [0, 0.1) is 0 Å². The van der Waals surface area contributed by atoms with Crippen molar-refractivity contribution in [1.82, 2.24) is 8.96 Å². The van der Waals surface area contributed by atoms with Gasteiger partial charge in [0.2, 0.25) is 0 Å².